The summed E-state index contributed by atoms with van der Waals surface area (Å²) in [6.07, 6.45) is 7.16. The number of anilines is 1. The Kier molecular flexibility index (Phi) is 5.10. The smallest absolute Gasteiger partial charge is 0.158 e. The number of hydrogen-bond donors (Lipinski definition) is 1. The highest BCUT2D eigenvalue weighted by molar-refractivity contribution is 5.33. The van der Waals surface area contributed by atoms with Crippen LogP contribution in [0.4, 0.5) is 5.82 Å². The van der Waals surface area contributed by atoms with E-state index in [0.29, 0.717) is 11.6 Å². The molecule has 1 aliphatic heterocycles. The third-order valence-electron chi connectivity index (χ3n) is 3.42. The molecule has 1 unspecified atom stereocenters. The van der Waals surface area contributed by atoms with Crippen LogP contribution in [0, 0.1) is 17.2 Å². The first-order chi connectivity index (χ1) is 9.28. The van der Waals surface area contributed by atoms with Crippen LogP contribution in [0.15, 0.2) is 12.4 Å². The summed E-state index contributed by atoms with van der Waals surface area (Å²) in [7, 11) is 0. The minimum absolute atomic E-state index is 0.354. The quantitative estimate of drug-likeness (QED) is 0.874. The molecule has 0 aliphatic carbocycles. The van der Waals surface area contributed by atoms with Crippen LogP contribution in [0.3, 0.4) is 0 Å². The van der Waals surface area contributed by atoms with Crippen LogP contribution >= 0.6 is 0 Å². The molecule has 1 fully saturated rings. The van der Waals surface area contributed by atoms with Gasteiger partial charge in [0, 0.05) is 13.1 Å². The van der Waals surface area contributed by atoms with Crippen LogP contribution in [0.2, 0.25) is 0 Å². The van der Waals surface area contributed by atoms with E-state index in [1.54, 1.807) is 6.20 Å². The first kappa shape index (κ1) is 13.8. The molecule has 1 aromatic rings. The van der Waals surface area contributed by atoms with E-state index in [2.05, 4.69) is 27.1 Å². The predicted octanol–water partition coefficient (Wildman–Crippen LogP) is 1.88. The average Bonchev–Trinajstić information content (AvgIpc) is 2.47. The zero-order valence-corrected chi connectivity index (χ0v) is 11.5. The fourth-order valence-corrected chi connectivity index (χ4v) is 2.40. The summed E-state index contributed by atoms with van der Waals surface area (Å²) in [5.74, 6) is 1.32. The van der Waals surface area contributed by atoms with Crippen LogP contribution in [0.5, 0.6) is 0 Å². The Balaban J connectivity index is 1.73. The number of hydrogen-bond acceptors (Lipinski definition) is 5. The number of nitriles is 1. The molecule has 1 saturated heterocycles. The summed E-state index contributed by atoms with van der Waals surface area (Å²) >= 11 is 0. The zero-order chi connectivity index (χ0) is 13.5. The van der Waals surface area contributed by atoms with Gasteiger partial charge >= 0.3 is 0 Å². The molecule has 0 radical (unpaired) electrons. The molecular weight excluding hydrogens is 238 g/mol. The molecule has 1 aromatic heterocycles. The van der Waals surface area contributed by atoms with E-state index in [4.69, 9.17) is 5.26 Å². The minimum atomic E-state index is 0.354. The van der Waals surface area contributed by atoms with Crippen molar-refractivity contribution in [3.05, 3.63) is 18.1 Å². The van der Waals surface area contributed by atoms with Crippen molar-refractivity contribution in [3.8, 4) is 6.07 Å². The minimum Gasteiger partial charge on any atom is -0.368 e. The SMILES string of the molecule is CC(CNc1cnc(C#N)cn1)CN1CCCCC1. The number of rotatable bonds is 5. The molecule has 0 aromatic carbocycles. The number of nitrogens with zero attached hydrogens (tertiary/aromatic N) is 4. The first-order valence-electron chi connectivity index (χ1n) is 6.96. The lowest BCUT2D eigenvalue weighted by molar-refractivity contribution is 0.204. The van der Waals surface area contributed by atoms with Crippen molar-refractivity contribution in [2.45, 2.75) is 26.2 Å². The van der Waals surface area contributed by atoms with Crippen LogP contribution in [0.25, 0.3) is 0 Å². The van der Waals surface area contributed by atoms with E-state index in [9.17, 15) is 0 Å². The van der Waals surface area contributed by atoms with Gasteiger partial charge in [-0.1, -0.05) is 13.3 Å². The molecule has 1 aliphatic rings. The number of aromatic nitrogens is 2. The molecule has 0 bridgehead atoms. The number of likely N-dealkylation sites (tertiary alicyclic amines) is 1. The normalized spacial score (nSPS) is 17.7. The number of piperidine rings is 1. The van der Waals surface area contributed by atoms with Gasteiger partial charge in [0.15, 0.2) is 5.69 Å². The highest BCUT2D eigenvalue weighted by Gasteiger charge is 2.13. The molecule has 5 nitrogen and oxygen atoms in total. The molecule has 2 rings (SSSR count). The molecule has 1 N–H and O–H groups in total. The molecule has 19 heavy (non-hydrogen) atoms. The molecular formula is C14H21N5. The van der Waals surface area contributed by atoms with Crippen molar-refractivity contribution in [2.24, 2.45) is 5.92 Å². The van der Waals surface area contributed by atoms with Crippen molar-refractivity contribution in [3.63, 3.8) is 0 Å². The Hall–Kier alpha value is -1.67. The van der Waals surface area contributed by atoms with Crippen LogP contribution in [0.1, 0.15) is 31.9 Å². The van der Waals surface area contributed by atoms with Gasteiger partial charge in [0.05, 0.1) is 12.4 Å². The standard InChI is InChI=1S/C14H21N5/c1-12(11-19-5-3-2-4-6-19)8-17-14-10-16-13(7-15)9-18-14/h9-10,12H,2-6,8,11H2,1H3,(H,17,18). The summed E-state index contributed by atoms with van der Waals surface area (Å²) < 4.78 is 0. The summed E-state index contributed by atoms with van der Waals surface area (Å²) in [6.45, 7) is 6.74. The highest BCUT2D eigenvalue weighted by Crippen LogP contribution is 2.11. The largest absolute Gasteiger partial charge is 0.368 e. The molecule has 0 saturated carbocycles. The van der Waals surface area contributed by atoms with Crippen LogP contribution in [-0.2, 0) is 0 Å². The maximum absolute atomic E-state index is 8.65. The number of nitrogens with one attached hydrogen (secondary N) is 1. The van der Waals surface area contributed by atoms with E-state index in [1.807, 2.05) is 6.07 Å². The first-order valence-corrected chi connectivity index (χ1v) is 6.96. The molecule has 1 atom stereocenters. The van der Waals surface area contributed by atoms with Crippen molar-refractivity contribution >= 4 is 5.82 Å². The monoisotopic (exact) mass is 259 g/mol. The van der Waals surface area contributed by atoms with Crippen molar-refractivity contribution in [1.82, 2.24) is 14.9 Å². The van der Waals surface area contributed by atoms with Crippen LogP contribution in [-0.4, -0.2) is 41.0 Å². The van der Waals surface area contributed by atoms with Crippen molar-refractivity contribution in [2.75, 3.05) is 31.5 Å². The van der Waals surface area contributed by atoms with Gasteiger partial charge in [0.1, 0.15) is 11.9 Å². The zero-order valence-electron chi connectivity index (χ0n) is 11.5. The lowest BCUT2D eigenvalue weighted by Gasteiger charge is -2.29. The van der Waals surface area contributed by atoms with Crippen LogP contribution < -0.4 is 5.32 Å². The predicted molar refractivity (Wildman–Crippen MR) is 74.7 cm³/mol. The lowest BCUT2D eigenvalue weighted by atomic mass is 10.1. The van der Waals surface area contributed by atoms with E-state index >= 15 is 0 Å². The third-order valence-corrected chi connectivity index (χ3v) is 3.42. The second kappa shape index (κ2) is 7.05. The second-order valence-electron chi connectivity index (χ2n) is 5.25. The Morgan fingerprint density at radius 3 is 2.74 bits per heavy atom. The summed E-state index contributed by atoms with van der Waals surface area (Å²) in [6, 6.07) is 1.97. The van der Waals surface area contributed by atoms with Gasteiger partial charge in [-0.3, -0.25) is 0 Å². The molecule has 0 spiro atoms. The lowest BCUT2D eigenvalue weighted by Crippen LogP contribution is -2.35. The van der Waals surface area contributed by atoms with Gasteiger partial charge in [0.2, 0.25) is 0 Å². The Morgan fingerprint density at radius 2 is 2.11 bits per heavy atom. The van der Waals surface area contributed by atoms with Crippen molar-refractivity contribution in [1.29, 1.82) is 5.26 Å². The topological polar surface area (TPSA) is 64.8 Å². The van der Waals surface area contributed by atoms with Gasteiger partial charge in [-0.15, -0.1) is 0 Å². The van der Waals surface area contributed by atoms with E-state index < -0.39 is 0 Å². The molecule has 2 heterocycles. The fraction of sp³-hybridized carbons (Fsp3) is 0.643. The summed E-state index contributed by atoms with van der Waals surface area (Å²) in [5.41, 5.74) is 0.354. The summed E-state index contributed by atoms with van der Waals surface area (Å²) in [5, 5.41) is 11.9. The fourth-order valence-electron chi connectivity index (χ4n) is 2.40. The van der Waals surface area contributed by atoms with Gasteiger partial charge < -0.3 is 10.2 Å². The molecule has 0 amide bonds. The second-order valence-corrected chi connectivity index (χ2v) is 5.25. The van der Waals surface area contributed by atoms with Gasteiger partial charge in [-0.2, -0.15) is 5.26 Å². The van der Waals surface area contributed by atoms with E-state index in [-0.39, 0.29) is 0 Å². The Bertz CT molecular complexity index is 416. The molecule has 5 heteroatoms. The maximum atomic E-state index is 8.65. The average molecular weight is 259 g/mol. The summed E-state index contributed by atoms with van der Waals surface area (Å²) in [4.78, 5) is 10.7. The highest BCUT2D eigenvalue weighted by atomic mass is 15.1. The maximum Gasteiger partial charge on any atom is 0.158 e. The van der Waals surface area contributed by atoms with E-state index in [0.717, 1.165) is 18.9 Å². The van der Waals surface area contributed by atoms with Gasteiger partial charge in [-0.25, -0.2) is 9.97 Å². The van der Waals surface area contributed by atoms with Crippen molar-refractivity contribution < 1.29 is 0 Å². The van der Waals surface area contributed by atoms with Gasteiger partial charge in [0.25, 0.3) is 0 Å². The molecule has 102 valence electrons. The van der Waals surface area contributed by atoms with Gasteiger partial charge in [-0.05, 0) is 31.8 Å². The Labute approximate surface area is 114 Å². The Morgan fingerprint density at radius 1 is 1.32 bits per heavy atom. The third kappa shape index (κ3) is 4.49. The van der Waals surface area contributed by atoms with E-state index in [1.165, 1.54) is 38.5 Å².